The Bertz CT molecular complexity index is 622. The monoisotopic (exact) mass is 335 g/mol. The van der Waals surface area contributed by atoms with Crippen molar-refractivity contribution in [2.24, 2.45) is 5.92 Å². The Labute approximate surface area is 126 Å². The Balaban J connectivity index is 1.75. The molecule has 3 rings (SSSR count). The molecule has 0 bridgehead atoms. The molecule has 1 aliphatic rings. The molecule has 1 aromatic heterocycles. The lowest BCUT2D eigenvalue weighted by Gasteiger charge is -2.32. The lowest BCUT2D eigenvalue weighted by Crippen LogP contribution is -2.35. The number of esters is 1. The Morgan fingerprint density at radius 3 is 3.05 bits per heavy atom. The normalized spacial score (nSPS) is 26.6. The van der Waals surface area contributed by atoms with Crippen molar-refractivity contribution in [3.63, 3.8) is 0 Å². The van der Waals surface area contributed by atoms with Gasteiger partial charge in [-0.2, -0.15) is 0 Å². The Morgan fingerprint density at radius 2 is 2.20 bits per heavy atom. The van der Waals surface area contributed by atoms with Crippen molar-refractivity contribution < 1.29 is 9.53 Å². The second kappa shape index (κ2) is 5.60. The lowest BCUT2D eigenvalue weighted by atomic mass is 9.88. The summed E-state index contributed by atoms with van der Waals surface area (Å²) in [5.74, 6) is 0.317. The molecule has 0 spiro atoms. The Hall–Kier alpha value is -1.29. The number of hydrogen-bond acceptors (Lipinski definition) is 2. The van der Waals surface area contributed by atoms with Crippen LogP contribution in [0.25, 0.3) is 10.9 Å². The third-order valence-corrected chi connectivity index (χ3v) is 5.59. The van der Waals surface area contributed by atoms with Crippen LogP contribution in [-0.2, 0) is 4.74 Å². The molecule has 1 saturated carbocycles. The van der Waals surface area contributed by atoms with E-state index in [0.717, 1.165) is 23.7 Å². The first-order valence-corrected chi connectivity index (χ1v) is 7.99. The number of rotatable bonds is 2. The zero-order valence-corrected chi connectivity index (χ0v) is 13.0. The quantitative estimate of drug-likeness (QED) is 0.657. The molecule has 2 aromatic rings. The van der Waals surface area contributed by atoms with Crippen LogP contribution in [0, 0.1) is 5.92 Å². The summed E-state index contributed by atoms with van der Waals surface area (Å²) >= 11 is 3.67. The maximum absolute atomic E-state index is 12.3. The van der Waals surface area contributed by atoms with Crippen LogP contribution in [-0.4, -0.2) is 21.9 Å². The third kappa shape index (κ3) is 2.62. The largest absolute Gasteiger partial charge is 0.458 e. The highest BCUT2D eigenvalue weighted by Crippen LogP contribution is 2.32. The molecule has 4 heteroatoms. The fourth-order valence-electron chi connectivity index (χ4n) is 2.83. The number of aromatic amines is 1. The number of carbonyl (C=O) groups excluding carboxylic acids is 1. The van der Waals surface area contributed by atoms with Gasteiger partial charge in [-0.1, -0.05) is 28.9 Å². The van der Waals surface area contributed by atoms with Crippen molar-refractivity contribution in [3.8, 4) is 0 Å². The SMILES string of the molecule is CC1CCCC(OC(=O)c2ccc3cc[nH]c3c2)C1Br. The molecule has 1 aliphatic carbocycles. The van der Waals surface area contributed by atoms with Crippen LogP contribution in [0.5, 0.6) is 0 Å². The minimum Gasteiger partial charge on any atom is -0.458 e. The fourth-order valence-corrected chi connectivity index (χ4v) is 3.47. The van der Waals surface area contributed by atoms with Gasteiger partial charge >= 0.3 is 5.97 Å². The molecule has 1 heterocycles. The number of halogens is 1. The number of hydrogen-bond donors (Lipinski definition) is 1. The van der Waals surface area contributed by atoms with Gasteiger partial charge in [0.15, 0.2) is 0 Å². The molecule has 1 aromatic carbocycles. The second-order valence-electron chi connectivity index (χ2n) is 5.58. The first-order chi connectivity index (χ1) is 9.65. The number of ether oxygens (including phenoxy) is 1. The first kappa shape index (κ1) is 13.7. The van der Waals surface area contributed by atoms with E-state index in [4.69, 9.17) is 4.74 Å². The summed E-state index contributed by atoms with van der Waals surface area (Å²) in [7, 11) is 0. The van der Waals surface area contributed by atoms with Crippen molar-refractivity contribution in [1.82, 2.24) is 4.98 Å². The van der Waals surface area contributed by atoms with Gasteiger partial charge in [0.25, 0.3) is 0 Å². The van der Waals surface area contributed by atoms with Crippen molar-refractivity contribution in [2.75, 3.05) is 0 Å². The molecule has 0 amide bonds. The minimum atomic E-state index is -0.231. The summed E-state index contributed by atoms with van der Waals surface area (Å²) in [4.78, 5) is 15.6. The zero-order valence-electron chi connectivity index (χ0n) is 11.4. The van der Waals surface area contributed by atoms with Gasteiger partial charge in [-0.05, 0) is 48.8 Å². The number of nitrogens with one attached hydrogen (secondary N) is 1. The molecular formula is C16H18BrNO2. The zero-order chi connectivity index (χ0) is 14.1. The van der Waals surface area contributed by atoms with E-state index in [-0.39, 0.29) is 16.9 Å². The summed E-state index contributed by atoms with van der Waals surface area (Å²) in [5, 5.41) is 1.10. The van der Waals surface area contributed by atoms with E-state index >= 15 is 0 Å². The maximum Gasteiger partial charge on any atom is 0.338 e. The van der Waals surface area contributed by atoms with Crippen LogP contribution >= 0.6 is 15.9 Å². The van der Waals surface area contributed by atoms with Crippen LogP contribution in [0.2, 0.25) is 0 Å². The van der Waals surface area contributed by atoms with Crippen LogP contribution in [0.15, 0.2) is 30.5 Å². The highest BCUT2D eigenvalue weighted by molar-refractivity contribution is 9.09. The fraction of sp³-hybridized carbons (Fsp3) is 0.438. The molecule has 3 atom stereocenters. The van der Waals surface area contributed by atoms with E-state index in [1.54, 1.807) is 0 Å². The number of fused-ring (bicyclic) bond motifs is 1. The summed E-state index contributed by atoms with van der Waals surface area (Å²) in [6, 6.07) is 7.61. The van der Waals surface area contributed by atoms with Crippen LogP contribution in [0.3, 0.4) is 0 Å². The standard InChI is InChI=1S/C16H18BrNO2/c1-10-3-2-4-14(15(10)17)20-16(19)12-6-5-11-7-8-18-13(11)9-12/h5-10,14-15,18H,2-4H2,1H3. The van der Waals surface area contributed by atoms with E-state index in [2.05, 4.69) is 27.8 Å². The third-order valence-electron chi connectivity index (χ3n) is 4.10. The van der Waals surface area contributed by atoms with Gasteiger partial charge < -0.3 is 9.72 Å². The molecule has 3 unspecified atom stereocenters. The van der Waals surface area contributed by atoms with Crippen LogP contribution < -0.4 is 0 Å². The highest BCUT2D eigenvalue weighted by atomic mass is 79.9. The maximum atomic E-state index is 12.3. The Kier molecular flexibility index (Phi) is 3.83. The van der Waals surface area contributed by atoms with Crippen molar-refractivity contribution >= 4 is 32.8 Å². The van der Waals surface area contributed by atoms with Gasteiger partial charge in [-0.15, -0.1) is 0 Å². The number of alkyl halides is 1. The molecule has 3 nitrogen and oxygen atoms in total. The predicted molar refractivity (Wildman–Crippen MR) is 83.2 cm³/mol. The van der Waals surface area contributed by atoms with E-state index < -0.39 is 0 Å². The molecule has 106 valence electrons. The Morgan fingerprint density at radius 1 is 1.35 bits per heavy atom. The average molecular weight is 336 g/mol. The van der Waals surface area contributed by atoms with Crippen LogP contribution in [0.4, 0.5) is 0 Å². The second-order valence-corrected chi connectivity index (χ2v) is 6.63. The van der Waals surface area contributed by atoms with E-state index in [1.807, 2.05) is 30.5 Å². The molecule has 0 aliphatic heterocycles. The molecular weight excluding hydrogens is 318 g/mol. The smallest absolute Gasteiger partial charge is 0.338 e. The summed E-state index contributed by atoms with van der Waals surface area (Å²) in [6.07, 6.45) is 5.11. The first-order valence-electron chi connectivity index (χ1n) is 7.07. The number of carbonyl (C=O) groups is 1. The summed E-state index contributed by atoms with van der Waals surface area (Å²) < 4.78 is 5.69. The van der Waals surface area contributed by atoms with E-state index in [1.165, 1.54) is 6.42 Å². The van der Waals surface area contributed by atoms with Gasteiger partial charge in [0.2, 0.25) is 0 Å². The molecule has 1 N–H and O–H groups in total. The molecule has 0 radical (unpaired) electrons. The topological polar surface area (TPSA) is 42.1 Å². The molecule has 20 heavy (non-hydrogen) atoms. The van der Waals surface area contributed by atoms with Crippen molar-refractivity contribution in [1.29, 1.82) is 0 Å². The summed E-state index contributed by atoms with van der Waals surface area (Å²) in [6.45, 7) is 2.20. The van der Waals surface area contributed by atoms with Gasteiger partial charge in [-0.3, -0.25) is 0 Å². The van der Waals surface area contributed by atoms with Crippen molar-refractivity contribution in [2.45, 2.75) is 37.1 Å². The van der Waals surface area contributed by atoms with Crippen molar-refractivity contribution in [3.05, 3.63) is 36.0 Å². The molecule has 0 saturated heterocycles. The van der Waals surface area contributed by atoms with Crippen LogP contribution in [0.1, 0.15) is 36.5 Å². The lowest BCUT2D eigenvalue weighted by molar-refractivity contribution is 0.0187. The van der Waals surface area contributed by atoms with Gasteiger partial charge in [0.05, 0.1) is 10.4 Å². The van der Waals surface area contributed by atoms with Gasteiger partial charge in [0.1, 0.15) is 6.10 Å². The number of H-pyrrole nitrogens is 1. The van der Waals surface area contributed by atoms with Gasteiger partial charge in [0, 0.05) is 11.7 Å². The predicted octanol–water partition coefficient (Wildman–Crippen LogP) is 4.28. The number of aromatic nitrogens is 1. The number of benzene rings is 1. The molecule has 1 fully saturated rings. The van der Waals surface area contributed by atoms with E-state index in [0.29, 0.717) is 11.5 Å². The minimum absolute atomic E-state index is 0.0226. The van der Waals surface area contributed by atoms with E-state index in [9.17, 15) is 4.79 Å². The highest BCUT2D eigenvalue weighted by Gasteiger charge is 2.31. The summed E-state index contributed by atoms with van der Waals surface area (Å²) in [5.41, 5.74) is 1.57. The van der Waals surface area contributed by atoms with Gasteiger partial charge in [-0.25, -0.2) is 4.79 Å². The average Bonchev–Trinajstić information content (AvgIpc) is 2.91.